The van der Waals surface area contributed by atoms with E-state index >= 15 is 0 Å². The summed E-state index contributed by atoms with van der Waals surface area (Å²) in [6, 6.07) is -0.511. The number of hydrogen-bond donors (Lipinski definition) is 1. The Kier molecular flexibility index (Phi) is 18.8. The zero-order chi connectivity index (χ0) is 19.5. The van der Waals surface area contributed by atoms with E-state index in [1.54, 1.807) is 6.92 Å². The van der Waals surface area contributed by atoms with Gasteiger partial charge in [0.25, 0.3) is 0 Å². The predicted octanol–water partition coefficient (Wildman–Crippen LogP) is 6.92. The summed E-state index contributed by atoms with van der Waals surface area (Å²) in [6.45, 7) is 5.92. The van der Waals surface area contributed by atoms with Gasteiger partial charge in [0, 0.05) is 0 Å². The van der Waals surface area contributed by atoms with Crippen LogP contribution in [0, 0.1) is 0 Å². The van der Waals surface area contributed by atoms with Crippen LogP contribution in [0.3, 0.4) is 0 Å². The van der Waals surface area contributed by atoms with Crippen molar-refractivity contribution < 1.29 is 9.53 Å². The van der Waals surface area contributed by atoms with Crippen molar-refractivity contribution in [2.24, 2.45) is 5.73 Å². The second kappa shape index (κ2) is 19.2. The monoisotopic (exact) mass is 369 g/mol. The quantitative estimate of drug-likeness (QED) is 0.199. The van der Waals surface area contributed by atoms with E-state index in [0.29, 0.717) is 0 Å². The van der Waals surface area contributed by atoms with E-state index in [9.17, 15) is 4.79 Å². The van der Waals surface area contributed by atoms with Crippen LogP contribution < -0.4 is 5.73 Å². The number of carbonyl (C=O) groups excluding carboxylic acids is 1. The lowest BCUT2D eigenvalue weighted by Crippen LogP contribution is -2.31. The third-order valence-electron chi connectivity index (χ3n) is 5.15. The first kappa shape index (κ1) is 25.4. The Labute approximate surface area is 163 Å². The van der Waals surface area contributed by atoms with Gasteiger partial charge in [-0.3, -0.25) is 4.79 Å². The molecule has 0 bridgehead atoms. The van der Waals surface area contributed by atoms with Gasteiger partial charge in [-0.05, 0) is 26.7 Å². The van der Waals surface area contributed by atoms with Crippen molar-refractivity contribution in [3.63, 3.8) is 0 Å². The molecule has 0 aromatic carbocycles. The third kappa shape index (κ3) is 18.2. The molecule has 2 unspecified atom stereocenters. The van der Waals surface area contributed by atoms with Crippen molar-refractivity contribution in [1.29, 1.82) is 0 Å². The molecule has 0 spiro atoms. The largest absolute Gasteiger partial charge is 0.462 e. The SMILES string of the molecule is CCCCCCCCCCCCCCCCCCC(C)OC(=O)C(C)N. The van der Waals surface area contributed by atoms with Crippen molar-refractivity contribution in [2.45, 2.75) is 142 Å². The zero-order valence-corrected chi connectivity index (χ0v) is 18.1. The van der Waals surface area contributed by atoms with Gasteiger partial charge in [-0.15, -0.1) is 0 Å². The minimum atomic E-state index is -0.511. The molecule has 0 amide bonds. The zero-order valence-electron chi connectivity index (χ0n) is 18.1. The van der Waals surface area contributed by atoms with Crippen molar-refractivity contribution in [1.82, 2.24) is 0 Å². The van der Waals surface area contributed by atoms with E-state index < -0.39 is 6.04 Å². The molecule has 0 aliphatic carbocycles. The Morgan fingerprint density at radius 2 is 1.04 bits per heavy atom. The van der Waals surface area contributed by atoms with Gasteiger partial charge in [0.15, 0.2) is 0 Å². The molecule has 0 aliphatic heterocycles. The van der Waals surface area contributed by atoms with Crippen LogP contribution >= 0.6 is 0 Å². The summed E-state index contributed by atoms with van der Waals surface area (Å²) in [5.74, 6) is -0.283. The first-order valence-electron chi connectivity index (χ1n) is 11.5. The number of esters is 1. The van der Waals surface area contributed by atoms with Crippen LogP contribution in [0.2, 0.25) is 0 Å². The number of rotatable bonds is 19. The molecule has 0 saturated heterocycles. The van der Waals surface area contributed by atoms with Gasteiger partial charge in [-0.25, -0.2) is 0 Å². The summed E-state index contributed by atoms with van der Waals surface area (Å²) in [4.78, 5) is 11.4. The molecule has 3 heteroatoms. The Hall–Kier alpha value is -0.570. The van der Waals surface area contributed by atoms with Gasteiger partial charge in [0.05, 0.1) is 6.10 Å². The standard InChI is InChI=1S/C23H47NO2/c1-4-5-6-7-8-9-10-11-12-13-14-15-16-17-18-19-20-21(2)26-23(25)22(3)24/h21-22H,4-20,24H2,1-3H3. The Morgan fingerprint density at radius 1 is 0.692 bits per heavy atom. The van der Waals surface area contributed by atoms with Crippen LogP contribution in [-0.2, 0) is 9.53 Å². The van der Waals surface area contributed by atoms with Crippen molar-refractivity contribution in [2.75, 3.05) is 0 Å². The van der Waals surface area contributed by atoms with Crippen LogP contribution in [-0.4, -0.2) is 18.1 Å². The van der Waals surface area contributed by atoms with Crippen molar-refractivity contribution >= 4 is 5.97 Å². The van der Waals surface area contributed by atoms with E-state index in [-0.39, 0.29) is 12.1 Å². The fourth-order valence-electron chi connectivity index (χ4n) is 3.34. The highest BCUT2D eigenvalue weighted by Gasteiger charge is 2.12. The van der Waals surface area contributed by atoms with Gasteiger partial charge in [-0.1, -0.05) is 103 Å². The molecule has 0 aromatic rings. The predicted molar refractivity (Wildman–Crippen MR) is 113 cm³/mol. The molecule has 0 fully saturated rings. The van der Waals surface area contributed by atoms with E-state index in [1.165, 1.54) is 96.3 Å². The summed E-state index contributed by atoms with van der Waals surface area (Å²) in [5.41, 5.74) is 5.50. The van der Waals surface area contributed by atoms with Crippen LogP contribution in [0.4, 0.5) is 0 Å². The minimum absolute atomic E-state index is 0.000134. The molecule has 0 saturated carbocycles. The van der Waals surface area contributed by atoms with E-state index in [2.05, 4.69) is 6.92 Å². The number of unbranched alkanes of at least 4 members (excludes halogenated alkanes) is 15. The second-order valence-corrected chi connectivity index (χ2v) is 8.13. The molecular formula is C23H47NO2. The maximum atomic E-state index is 11.4. The maximum absolute atomic E-state index is 11.4. The fraction of sp³-hybridized carbons (Fsp3) is 0.957. The Bertz CT molecular complexity index is 305. The first-order valence-corrected chi connectivity index (χ1v) is 11.5. The average Bonchev–Trinajstić information content (AvgIpc) is 2.61. The van der Waals surface area contributed by atoms with Crippen LogP contribution in [0.15, 0.2) is 0 Å². The van der Waals surface area contributed by atoms with E-state index in [1.807, 2.05) is 6.92 Å². The van der Waals surface area contributed by atoms with E-state index in [0.717, 1.165) is 12.8 Å². The lowest BCUT2D eigenvalue weighted by molar-refractivity contribution is -0.149. The van der Waals surface area contributed by atoms with Crippen LogP contribution in [0.1, 0.15) is 130 Å². The highest BCUT2D eigenvalue weighted by Crippen LogP contribution is 2.14. The molecule has 26 heavy (non-hydrogen) atoms. The molecule has 0 aromatic heterocycles. The van der Waals surface area contributed by atoms with Gasteiger partial charge in [-0.2, -0.15) is 0 Å². The lowest BCUT2D eigenvalue weighted by Gasteiger charge is -2.14. The molecule has 0 radical (unpaired) electrons. The van der Waals surface area contributed by atoms with Crippen molar-refractivity contribution in [3.8, 4) is 0 Å². The molecule has 2 N–H and O–H groups in total. The molecule has 0 rings (SSSR count). The number of carbonyl (C=O) groups is 1. The normalized spacial score (nSPS) is 13.5. The highest BCUT2D eigenvalue weighted by atomic mass is 16.5. The summed E-state index contributed by atoms with van der Waals surface area (Å²) >= 11 is 0. The Morgan fingerprint density at radius 3 is 1.38 bits per heavy atom. The summed E-state index contributed by atoms with van der Waals surface area (Å²) in [5, 5.41) is 0. The number of nitrogens with two attached hydrogens (primary N) is 1. The van der Waals surface area contributed by atoms with Crippen molar-refractivity contribution in [3.05, 3.63) is 0 Å². The summed E-state index contributed by atoms with van der Waals surface area (Å²) in [6.07, 6.45) is 23.1. The third-order valence-corrected chi connectivity index (χ3v) is 5.15. The average molecular weight is 370 g/mol. The summed E-state index contributed by atoms with van der Waals surface area (Å²) in [7, 11) is 0. The molecule has 0 heterocycles. The fourth-order valence-corrected chi connectivity index (χ4v) is 3.34. The molecule has 3 nitrogen and oxygen atoms in total. The lowest BCUT2D eigenvalue weighted by atomic mass is 10.0. The molecule has 0 aliphatic rings. The van der Waals surface area contributed by atoms with Gasteiger partial charge < -0.3 is 10.5 Å². The molecular weight excluding hydrogens is 322 g/mol. The second-order valence-electron chi connectivity index (χ2n) is 8.13. The first-order chi connectivity index (χ1) is 12.6. The maximum Gasteiger partial charge on any atom is 0.322 e. The van der Waals surface area contributed by atoms with Gasteiger partial charge >= 0.3 is 5.97 Å². The minimum Gasteiger partial charge on any atom is -0.462 e. The molecule has 2 atom stereocenters. The Balaban J connectivity index is 3.16. The highest BCUT2D eigenvalue weighted by molar-refractivity contribution is 5.75. The van der Waals surface area contributed by atoms with E-state index in [4.69, 9.17) is 10.5 Å². The van der Waals surface area contributed by atoms with Gasteiger partial charge in [0.2, 0.25) is 0 Å². The van der Waals surface area contributed by atoms with Gasteiger partial charge in [0.1, 0.15) is 6.04 Å². The van der Waals surface area contributed by atoms with Crippen LogP contribution in [0.5, 0.6) is 0 Å². The number of hydrogen-bond acceptors (Lipinski definition) is 3. The number of ether oxygens (including phenoxy) is 1. The molecule has 156 valence electrons. The summed E-state index contributed by atoms with van der Waals surface area (Å²) < 4.78 is 5.27. The smallest absolute Gasteiger partial charge is 0.322 e. The van der Waals surface area contributed by atoms with Crippen LogP contribution in [0.25, 0.3) is 0 Å². The topological polar surface area (TPSA) is 52.3 Å².